The Labute approximate surface area is 183 Å². The molecule has 1 fully saturated rings. The van der Waals surface area contributed by atoms with Crippen molar-refractivity contribution in [3.05, 3.63) is 59.8 Å². The zero-order valence-electron chi connectivity index (χ0n) is 17.6. The molecule has 3 heterocycles. The van der Waals surface area contributed by atoms with Gasteiger partial charge in [-0.15, -0.1) is 10.2 Å². The molecule has 1 saturated carbocycles. The van der Waals surface area contributed by atoms with Gasteiger partial charge in [-0.2, -0.15) is 0 Å². The number of carbonyl (C=O) groups excluding carboxylic acids is 1. The smallest absolute Gasteiger partial charge is 0.267 e. The maximum absolute atomic E-state index is 13.9. The summed E-state index contributed by atoms with van der Waals surface area (Å²) in [6, 6.07) is 6.32. The third-order valence-corrected chi connectivity index (χ3v) is 6.04. The number of aromatic amines is 1. The molecule has 4 aromatic rings. The molecular formula is C23H23FN6O2. The van der Waals surface area contributed by atoms with E-state index in [9.17, 15) is 9.18 Å². The average molecular weight is 434 g/mol. The van der Waals surface area contributed by atoms with E-state index in [1.807, 2.05) is 6.92 Å². The lowest BCUT2D eigenvalue weighted by Crippen LogP contribution is -2.31. The summed E-state index contributed by atoms with van der Waals surface area (Å²) in [6.45, 7) is 2.45. The molecule has 3 aromatic heterocycles. The lowest BCUT2D eigenvalue weighted by atomic mass is 9.82. The van der Waals surface area contributed by atoms with Gasteiger partial charge in [0.25, 0.3) is 11.8 Å². The summed E-state index contributed by atoms with van der Waals surface area (Å²) in [4.78, 5) is 24.0. The number of aromatic nitrogens is 5. The molecule has 1 aromatic carbocycles. The second-order valence-corrected chi connectivity index (χ2v) is 8.30. The molecule has 0 bridgehead atoms. The van der Waals surface area contributed by atoms with Gasteiger partial charge in [-0.1, -0.05) is 6.07 Å². The quantitative estimate of drug-likeness (QED) is 0.488. The van der Waals surface area contributed by atoms with Gasteiger partial charge in [0.1, 0.15) is 17.2 Å². The van der Waals surface area contributed by atoms with Crippen LogP contribution in [0.4, 0.5) is 4.39 Å². The fourth-order valence-corrected chi connectivity index (χ4v) is 4.19. The molecule has 0 atom stereocenters. The Morgan fingerprint density at radius 3 is 2.78 bits per heavy atom. The van der Waals surface area contributed by atoms with Crippen molar-refractivity contribution in [2.24, 2.45) is 5.92 Å². The van der Waals surface area contributed by atoms with Gasteiger partial charge in [-0.05, 0) is 56.7 Å². The van der Waals surface area contributed by atoms with Crippen molar-refractivity contribution in [3.8, 4) is 11.6 Å². The van der Waals surface area contributed by atoms with Crippen LogP contribution in [0.25, 0.3) is 22.5 Å². The number of benzene rings is 1. The summed E-state index contributed by atoms with van der Waals surface area (Å²) in [7, 11) is 0. The molecule has 2 N–H and O–H groups in total. The minimum Gasteiger partial charge on any atom is -0.419 e. The highest BCUT2D eigenvalue weighted by atomic mass is 19.1. The number of nitrogens with zero attached hydrogens (tertiary/aromatic N) is 4. The summed E-state index contributed by atoms with van der Waals surface area (Å²) in [6.07, 6.45) is 7.04. The van der Waals surface area contributed by atoms with Crippen LogP contribution < -0.4 is 5.32 Å². The van der Waals surface area contributed by atoms with Gasteiger partial charge in [0.15, 0.2) is 0 Å². The SMILES string of the molecule is Cc1cnc(-c2nnc(C3CCC(CNC(=O)c4cc5c(F)cccc5[nH]4)CC3)o2)cn1. The first-order valence-electron chi connectivity index (χ1n) is 10.7. The highest BCUT2D eigenvalue weighted by Crippen LogP contribution is 2.35. The summed E-state index contributed by atoms with van der Waals surface area (Å²) >= 11 is 0. The van der Waals surface area contributed by atoms with Gasteiger partial charge in [0.05, 0.1) is 11.9 Å². The van der Waals surface area contributed by atoms with Crippen LogP contribution in [0.3, 0.4) is 0 Å². The van der Waals surface area contributed by atoms with Gasteiger partial charge in [-0.25, -0.2) is 9.37 Å². The zero-order chi connectivity index (χ0) is 22.1. The normalized spacial score (nSPS) is 18.7. The van der Waals surface area contributed by atoms with Gasteiger partial charge in [0.2, 0.25) is 5.89 Å². The number of aryl methyl sites for hydroxylation is 1. The van der Waals surface area contributed by atoms with Gasteiger partial charge >= 0.3 is 0 Å². The summed E-state index contributed by atoms with van der Waals surface area (Å²) in [5, 5.41) is 11.7. The van der Waals surface area contributed by atoms with E-state index >= 15 is 0 Å². The first-order valence-corrected chi connectivity index (χ1v) is 10.7. The second kappa shape index (κ2) is 8.49. The number of nitrogens with one attached hydrogen (secondary N) is 2. The number of hydrogen-bond acceptors (Lipinski definition) is 6. The van der Waals surface area contributed by atoms with Crippen molar-refractivity contribution < 1.29 is 13.6 Å². The maximum Gasteiger partial charge on any atom is 0.267 e. The van der Waals surface area contributed by atoms with Crippen LogP contribution in [0.1, 0.15) is 53.7 Å². The maximum atomic E-state index is 13.9. The summed E-state index contributed by atoms with van der Waals surface area (Å²) in [5.41, 5.74) is 2.39. The monoisotopic (exact) mass is 434 g/mol. The van der Waals surface area contributed by atoms with Crippen molar-refractivity contribution in [1.29, 1.82) is 0 Å². The molecule has 5 rings (SSSR count). The molecule has 1 aliphatic carbocycles. The van der Waals surface area contributed by atoms with E-state index in [1.165, 1.54) is 6.07 Å². The Kier molecular flexibility index (Phi) is 5.38. The van der Waals surface area contributed by atoms with Crippen LogP contribution >= 0.6 is 0 Å². The van der Waals surface area contributed by atoms with Crippen LogP contribution in [-0.2, 0) is 0 Å². The summed E-state index contributed by atoms with van der Waals surface area (Å²) in [5.74, 6) is 1.04. The van der Waals surface area contributed by atoms with E-state index in [1.54, 1.807) is 30.6 Å². The number of carbonyl (C=O) groups is 1. The molecule has 0 aliphatic heterocycles. The minimum atomic E-state index is -0.338. The van der Waals surface area contributed by atoms with Crippen molar-refractivity contribution >= 4 is 16.8 Å². The fourth-order valence-electron chi connectivity index (χ4n) is 4.19. The van der Waals surface area contributed by atoms with E-state index in [0.29, 0.717) is 46.5 Å². The third kappa shape index (κ3) is 4.10. The van der Waals surface area contributed by atoms with Gasteiger partial charge in [0, 0.05) is 29.6 Å². The number of halogens is 1. The molecular weight excluding hydrogens is 411 g/mol. The largest absolute Gasteiger partial charge is 0.419 e. The van der Waals surface area contributed by atoms with E-state index in [0.717, 1.165) is 31.4 Å². The minimum absolute atomic E-state index is 0.207. The third-order valence-electron chi connectivity index (χ3n) is 6.04. The molecule has 9 heteroatoms. The number of H-pyrrole nitrogens is 1. The zero-order valence-corrected chi connectivity index (χ0v) is 17.6. The second-order valence-electron chi connectivity index (χ2n) is 8.30. The Balaban J connectivity index is 1.14. The standard InChI is InChI=1S/C23H23FN6O2/c1-13-10-26-20(12-25-13)23-30-29-22(32-23)15-7-5-14(6-8-15)11-27-21(31)19-9-16-17(24)3-2-4-18(16)28-19/h2-4,9-10,12,14-15,28H,5-8,11H2,1H3,(H,27,31). The topological polar surface area (TPSA) is 110 Å². The van der Waals surface area contributed by atoms with Crippen LogP contribution in [0.15, 0.2) is 41.1 Å². The molecule has 1 amide bonds. The van der Waals surface area contributed by atoms with Crippen LogP contribution in [0, 0.1) is 18.7 Å². The van der Waals surface area contributed by atoms with Crippen molar-refractivity contribution in [1.82, 2.24) is 30.5 Å². The average Bonchev–Trinajstić information content (AvgIpc) is 3.47. The lowest BCUT2D eigenvalue weighted by molar-refractivity contribution is 0.0938. The summed E-state index contributed by atoms with van der Waals surface area (Å²) < 4.78 is 19.7. The predicted molar refractivity (Wildman–Crippen MR) is 115 cm³/mol. The molecule has 0 radical (unpaired) electrons. The van der Waals surface area contributed by atoms with Crippen molar-refractivity contribution in [2.45, 2.75) is 38.5 Å². The number of amides is 1. The van der Waals surface area contributed by atoms with Crippen molar-refractivity contribution in [2.75, 3.05) is 6.54 Å². The molecule has 0 unspecified atom stereocenters. The van der Waals surface area contributed by atoms with Crippen molar-refractivity contribution in [3.63, 3.8) is 0 Å². The van der Waals surface area contributed by atoms with Crippen LogP contribution in [-0.4, -0.2) is 37.6 Å². The molecule has 0 saturated heterocycles. The van der Waals surface area contributed by atoms with Crippen LogP contribution in [0.2, 0.25) is 0 Å². The highest BCUT2D eigenvalue weighted by molar-refractivity contribution is 5.98. The predicted octanol–water partition coefficient (Wildman–Crippen LogP) is 4.16. The number of fused-ring (bicyclic) bond motifs is 1. The van der Waals surface area contributed by atoms with Gasteiger partial charge < -0.3 is 14.7 Å². The molecule has 164 valence electrons. The first kappa shape index (κ1) is 20.3. The van der Waals surface area contributed by atoms with E-state index < -0.39 is 0 Å². The first-order chi connectivity index (χ1) is 15.6. The highest BCUT2D eigenvalue weighted by Gasteiger charge is 2.27. The van der Waals surface area contributed by atoms with E-state index in [4.69, 9.17) is 4.42 Å². The Hall–Kier alpha value is -3.62. The van der Waals surface area contributed by atoms with Crippen LogP contribution in [0.5, 0.6) is 0 Å². The Bertz CT molecular complexity index is 1240. The lowest BCUT2D eigenvalue weighted by Gasteiger charge is -2.26. The molecule has 32 heavy (non-hydrogen) atoms. The fraction of sp³-hybridized carbons (Fsp3) is 0.348. The van der Waals surface area contributed by atoms with E-state index in [-0.39, 0.29) is 17.6 Å². The van der Waals surface area contributed by atoms with E-state index in [2.05, 4.69) is 30.5 Å². The number of rotatable bonds is 5. The Morgan fingerprint density at radius 2 is 2.03 bits per heavy atom. The molecule has 8 nitrogen and oxygen atoms in total. The Morgan fingerprint density at radius 1 is 1.19 bits per heavy atom. The number of hydrogen-bond donors (Lipinski definition) is 2. The molecule has 1 aliphatic rings. The molecule has 0 spiro atoms. The van der Waals surface area contributed by atoms with Gasteiger partial charge in [-0.3, -0.25) is 9.78 Å².